The lowest BCUT2D eigenvalue weighted by molar-refractivity contribution is 0.670. The van der Waals surface area contributed by atoms with Gasteiger partial charge < -0.3 is 5.32 Å². The summed E-state index contributed by atoms with van der Waals surface area (Å²) in [6, 6.07) is 11.0. The summed E-state index contributed by atoms with van der Waals surface area (Å²) in [5.74, 6) is 0. The number of benzene rings is 1. The molecule has 0 bridgehead atoms. The number of nitrogens with zero attached hydrogens (tertiary/aromatic N) is 1. The molecule has 0 aliphatic rings. The lowest BCUT2D eigenvalue weighted by atomic mass is 9.86. The van der Waals surface area contributed by atoms with Crippen LogP contribution in [-0.2, 0) is 5.41 Å². The predicted octanol–water partition coefficient (Wildman–Crippen LogP) is 4.09. The van der Waals surface area contributed by atoms with Crippen LogP contribution < -0.4 is 5.32 Å². The van der Waals surface area contributed by atoms with E-state index in [1.54, 1.807) is 0 Å². The maximum atomic E-state index is 9.07. The molecule has 1 rings (SSSR count). The molecular formula is C15H22N2. The smallest absolute Gasteiger partial charge is 0.0766 e. The second-order valence-electron chi connectivity index (χ2n) is 4.97. The van der Waals surface area contributed by atoms with Gasteiger partial charge in [0.2, 0.25) is 0 Å². The molecule has 1 N–H and O–H groups in total. The summed E-state index contributed by atoms with van der Waals surface area (Å²) < 4.78 is 0. The average Bonchev–Trinajstić information content (AvgIpc) is 2.36. The van der Waals surface area contributed by atoms with Crippen molar-refractivity contribution in [3.63, 3.8) is 0 Å². The molecule has 0 unspecified atom stereocenters. The van der Waals surface area contributed by atoms with Crippen LogP contribution >= 0.6 is 0 Å². The number of nitrogens with one attached hydrogen (secondary N) is 1. The maximum absolute atomic E-state index is 9.07. The Labute approximate surface area is 105 Å². The molecule has 0 radical (unpaired) electrons. The highest BCUT2D eigenvalue weighted by Gasteiger charge is 2.19. The molecule has 0 heterocycles. The van der Waals surface area contributed by atoms with Crippen molar-refractivity contribution in [2.24, 2.45) is 0 Å². The van der Waals surface area contributed by atoms with Crippen LogP contribution in [0.2, 0.25) is 0 Å². The van der Waals surface area contributed by atoms with E-state index in [4.69, 9.17) is 5.26 Å². The van der Waals surface area contributed by atoms with Gasteiger partial charge in [0, 0.05) is 11.7 Å². The molecule has 0 amide bonds. The van der Waals surface area contributed by atoms with E-state index in [1.807, 2.05) is 26.0 Å². The molecule has 1 aromatic rings. The lowest BCUT2D eigenvalue weighted by Crippen LogP contribution is -2.17. The van der Waals surface area contributed by atoms with Crippen LogP contribution in [0.3, 0.4) is 0 Å². The van der Waals surface area contributed by atoms with Crippen molar-refractivity contribution >= 4 is 5.69 Å². The van der Waals surface area contributed by atoms with E-state index >= 15 is 0 Å². The Morgan fingerprint density at radius 2 is 1.71 bits per heavy atom. The van der Waals surface area contributed by atoms with Crippen LogP contribution in [0.5, 0.6) is 0 Å². The van der Waals surface area contributed by atoms with Crippen LogP contribution in [0.1, 0.15) is 46.1 Å². The van der Waals surface area contributed by atoms with Crippen molar-refractivity contribution in [2.75, 3.05) is 5.32 Å². The van der Waals surface area contributed by atoms with Gasteiger partial charge in [-0.3, -0.25) is 0 Å². The fraction of sp³-hybridized carbons (Fsp3) is 0.533. The minimum absolute atomic E-state index is 0.409. The molecule has 2 heteroatoms. The highest BCUT2D eigenvalue weighted by molar-refractivity contribution is 5.47. The third-order valence-corrected chi connectivity index (χ3v) is 3.24. The van der Waals surface area contributed by atoms with Gasteiger partial charge in [0.25, 0.3) is 0 Å². The van der Waals surface area contributed by atoms with Gasteiger partial charge in [-0.25, -0.2) is 0 Å². The first kappa shape index (κ1) is 13.6. The topological polar surface area (TPSA) is 35.8 Å². The molecule has 0 aliphatic heterocycles. The van der Waals surface area contributed by atoms with Gasteiger partial charge in [-0.15, -0.1) is 0 Å². The van der Waals surface area contributed by atoms with E-state index < -0.39 is 5.41 Å². The summed E-state index contributed by atoms with van der Waals surface area (Å²) in [5.41, 5.74) is 1.79. The molecule has 0 saturated heterocycles. The lowest BCUT2D eigenvalue weighted by Gasteiger charge is -2.19. The molecule has 0 saturated carbocycles. The van der Waals surface area contributed by atoms with Gasteiger partial charge in [0.05, 0.1) is 11.5 Å². The number of hydrogen-bond donors (Lipinski definition) is 1. The van der Waals surface area contributed by atoms with Crippen LogP contribution in [0.4, 0.5) is 5.69 Å². The molecule has 1 aromatic carbocycles. The summed E-state index contributed by atoms with van der Waals surface area (Å²) in [7, 11) is 0. The molecule has 0 fully saturated rings. The van der Waals surface area contributed by atoms with Crippen molar-refractivity contribution in [1.82, 2.24) is 0 Å². The number of hydrogen-bond acceptors (Lipinski definition) is 2. The van der Waals surface area contributed by atoms with Crippen molar-refractivity contribution in [3.8, 4) is 6.07 Å². The van der Waals surface area contributed by atoms with E-state index in [9.17, 15) is 0 Å². The van der Waals surface area contributed by atoms with E-state index in [-0.39, 0.29) is 0 Å². The molecule has 0 aliphatic carbocycles. The monoisotopic (exact) mass is 230 g/mol. The van der Waals surface area contributed by atoms with Crippen molar-refractivity contribution in [1.29, 1.82) is 5.26 Å². The van der Waals surface area contributed by atoms with Crippen LogP contribution in [-0.4, -0.2) is 6.04 Å². The maximum Gasteiger partial charge on any atom is 0.0766 e. The molecule has 0 spiro atoms. The van der Waals surface area contributed by atoms with Crippen LogP contribution in [0, 0.1) is 11.3 Å². The number of anilines is 1. The Morgan fingerprint density at radius 1 is 1.18 bits per heavy atom. The Balaban J connectivity index is 2.79. The van der Waals surface area contributed by atoms with Gasteiger partial charge in [-0.1, -0.05) is 26.0 Å². The minimum Gasteiger partial charge on any atom is -0.382 e. The Morgan fingerprint density at radius 3 is 2.12 bits per heavy atom. The van der Waals surface area contributed by atoms with Gasteiger partial charge in [0.15, 0.2) is 0 Å². The van der Waals surface area contributed by atoms with Gasteiger partial charge in [-0.2, -0.15) is 5.26 Å². The third kappa shape index (κ3) is 3.49. The largest absolute Gasteiger partial charge is 0.382 e. The Bertz CT molecular complexity index is 380. The summed E-state index contributed by atoms with van der Waals surface area (Å²) in [5, 5.41) is 12.6. The second kappa shape index (κ2) is 5.72. The molecule has 92 valence electrons. The van der Waals surface area contributed by atoms with Crippen molar-refractivity contribution in [3.05, 3.63) is 29.8 Å². The van der Waals surface area contributed by atoms with Gasteiger partial charge >= 0.3 is 0 Å². The first-order valence-electron chi connectivity index (χ1n) is 6.31. The average molecular weight is 230 g/mol. The van der Waals surface area contributed by atoms with Crippen LogP contribution in [0.25, 0.3) is 0 Å². The summed E-state index contributed by atoms with van der Waals surface area (Å²) in [4.78, 5) is 0. The van der Waals surface area contributed by atoms with E-state index in [0.717, 1.165) is 24.1 Å². The first-order valence-corrected chi connectivity index (χ1v) is 6.31. The normalized spacial score (nSPS) is 11.3. The fourth-order valence-electron chi connectivity index (χ4n) is 1.78. The van der Waals surface area contributed by atoms with E-state index in [2.05, 4.69) is 37.4 Å². The quantitative estimate of drug-likeness (QED) is 0.827. The van der Waals surface area contributed by atoms with E-state index in [0.29, 0.717) is 6.04 Å². The minimum atomic E-state index is -0.409. The number of nitriles is 1. The highest BCUT2D eigenvalue weighted by atomic mass is 14.9. The van der Waals surface area contributed by atoms with Crippen molar-refractivity contribution < 1.29 is 0 Å². The Hall–Kier alpha value is -1.49. The van der Waals surface area contributed by atoms with E-state index in [1.165, 1.54) is 0 Å². The van der Waals surface area contributed by atoms with Crippen molar-refractivity contribution in [2.45, 2.75) is 52.0 Å². The summed E-state index contributed by atoms with van der Waals surface area (Å²) in [6.45, 7) is 8.26. The zero-order valence-electron chi connectivity index (χ0n) is 11.2. The SMILES string of the molecule is CCC(CC)Nc1ccc(C(C)(C)C#N)cc1. The molecule has 0 atom stereocenters. The van der Waals surface area contributed by atoms with Gasteiger partial charge in [0.1, 0.15) is 0 Å². The van der Waals surface area contributed by atoms with Gasteiger partial charge in [-0.05, 0) is 44.4 Å². The van der Waals surface area contributed by atoms with Crippen LogP contribution in [0.15, 0.2) is 24.3 Å². The third-order valence-electron chi connectivity index (χ3n) is 3.24. The number of rotatable bonds is 5. The molecule has 0 aromatic heterocycles. The highest BCUT2D eigenvalue weighted by Crippen LogP contribution is 2.24. The molecule has 17 heavy (non-hydrogen) atoms. The zero-order chi connectivity index (χ0) is 12.9. The first-order chi connectivity index (χ1) is 8.03. The Kier molecular flexibility index (Phi) is 4.57. The molecule has 2 nitrogen and oxygen atoms in total. The molecular weight excluding hydrogens is 208 g/mol. The summed E-state index contributed by atoms with van der Waals surface area (Å²) in [6.07, 6.45) is 2.25. The summed E-state index contributed by atoms with van der Waals surface area (Å²) >= 11 is 0. The zero-order valence-corrected chi connectivity index (χ0v) is 11.2. The predicted molar refractivity (Wildman–Crippen MR) is 73.1 cm³/mol. The second-order valence-corrected chi connectivity index (χ2v) is 4.97. The fourth-order valence-corrected chi connectivity index (χ4v) is 1.78. The standard InChI is InChI=1S/C15H22N2/c1-5-13(6-2)17-14-9-7-12(8-10-14)15(3,4)11-16/h7-10,13,17H,5-6H2,1-4H3.